The maximum Gasteiger partial charge on any atom is 0.339 e. The van der Waals surface area contributed by atoms with Gasteiger partial charge < -0.3 is 24.2 Å². The Morgan fingerprint density at radius 3 is 2.38 bits per heavy atom. The van der Waals surface area contributed by atoms with E-state index in [1.165, 1.54) is 0 Å². The number of halogens is 1. The van der Waals surface area contributed by atoms with E-state index in [2.05, 4.69) is 16.9 Å². The van der Waals surface area contributed by atoms with Crippen LogP contribution in [-0.2, 0) is 11.3 Å². The topological polar surface area (TPSA) is 94.0 Å². The van der Waals surface area contributed by atoms with E-state index in [0.29, 0.717) is 40.7 Å². The summed E-state index contributed by atoms with van der Waals surface area (Å²) in [6.07, 6.45) is 4.33. The van der Waals surface area contributed by atoms with Crippen LogP contribution in [0.1, 0.15) is 29.3 Å². The van der Waals surface area contributed by atoms with Crippen LogP contribution in [0.5, 0.6) is 11.5 Å². The molecular weight excluding hydrogens is 434 g/mol. The zero-order valence-corrected chi connectivity index (χ0v) is 19.1. The van der Waals surface area contributed by atoms with Gasteiger partial charge in [0, 0.05) is 42.2 Å². The lowest BCUT2D eigenvalue weighted by atomic mass is 9.91. The Bertz CT molecular complexity index is 1120. The highest BCUT2D eigenvalue weighted by Crippen LogP contribution is 2.42. The highest BCUT2D eigenvalue weighted by molar-refractivity contribution is 6.11. The number of benzene rings is 2. The van der Waals surface area contributed by atoms with Gasteiger partial charge in [-0.2, -0.15) is 0 Å². The lowest BCUT2D eigenvalue weighted by molar-refractivity contribution is 0.0535. The van der Waals surface area contributed by atoms with Crippen LogP contribution in [0.15, 0.2) is 30.6 Å². The van der Waals surface area contributed by atoms with Crippen LogP contribution >= 0.6 is 12.4 Å². The average molecular weight is 460 g/mol. The molecule has 1 N–H and O–H groups in total. The first-order valence-electron chi connectivity index (χ1n) is 10.2. The molecule has 1 aromatic heterocycles. The highest BCUT2D eigenvalue weighted by atomic mass is 35.5. The van der Waals surface area contributed by atoms with Crippen LogP contribution < -0.4 is 14.4 Å². The quantitative estimate of drug-likeness (QED) is 0.510. The third-order valence-electron chi connectivity index (χ3n) is 5.36. The van der Waals surface area contributed by atoms with Crippen molar-refractivity contribution in [2.45, 2.75) is 20.0 Å². The predicted molar refractivity (Wildman–Crippen MR) is 124 cm³/mol. The van der Waals surface area contributed by atoms with Gasteiger partial charge in [-0.25, -0.2) is 14.8 Å². The van der Waals surface area contributed by atoms with Crippen molar-refractivity contribution in [1.29, 1.82) is 0 Å². The highest BCUT2D eigenvalue weighted by Gasteiger charge is 2.28. The number of hydrogen-bond donors (Lipinski definition) is 1. The molecule has 3 aromatic rings. The van der Waals surface area contributed by atoms with Crippen LogP contribution in [0.4, 0.5) is 5.95 Å². The van der Waals surface area contributed by atoms with Gasteiger partial charge in [0.05, 0.1) is 26.4 Å². The Kier molecular flexibility index (Phi) is 7.37. The molecule has 0 spiro atoms. The normalized spacial score (nSPS) is 12.2. The SMILES string of the molecule is CCCN(CCO)c1ncc(-c2c3c(cc4cc(OC)c(OC)cc24)COC3=O)cn1.Cl. The lowest BCUT2D eigenvalue weighted by Gasteiger charge is -2.21. The second-order valence-electron chi connectivity index (χ2n) is 7.27. The zero-order chi connectivity index (χ0) is 22.0. The van der Waals surface area contributed by atoms with Crippen molar-refractivity contribution >= 4 is 35.1 Å². The molecule has 0 bridgehead atoms. The maximum absolute atomic E-state index is 12.6. The summed E-state index contributed by atoms with van der Waals surface area (Å²) in [6.45, 7) is 3.51. The Balaban J connectivity index is 0.00000289. The molecule has 0 amide bonds. The number of aliphatic hydroxyl groups excluding tert-OH is 1. The molecule has 0 saturated heterocycles. The summed E-state index contributed by atoms with van der Waals surface area (Å²) in [5.41, 5.74) is 2.76. The van der Waals surface area contributed by atoms with Crippen LogP contribution in [0.2, 0.25) is 0 Å². The number of ether oxygens (including phenoxy) is 3. The average Bonchev–Trinajstić information content (AvgIpc) is 3.16. The first kappa shape index (κ1) is 23.6. The number of anilines is 1. The smallest absolute Gasteiger partial charge is 0.339 e. The molecule has 1 aliphatic heterocycles. The molecule has 170 valence electrons. The minimum absolute atomic E-state index is 0. The fourth-order valence-corrected chi connectivity index (χ4v) is 3.96. The van der Waals surface area contributed by atoms with Crippen LogP contribution in [0.25, 0.3) is 21.9 Å². The Hall–Kier alpha value is -3.10. The number of nitrogens with zero attached hydrogens (tertiary/aromatic N) is 3. The minimum Gasteiger partial charge on any atom is -0.493 e. The van der Waals surface area contributed by atoms with Gasteiger partial charge in [-0.1, -0.05) is 6.92 Å². The fraction of sp³-hybridized carbons (Fsp3) is 0.348. The van der Waals surface area contributed by atoms with E-state index in [-0.39, 0.29) is 31.6 Å². The lowest BCUT2D eigenvalue weighted by Crippen LogP contribution is -2.29. The van der Waals surface area contributed by atoms with E-state index in [4.69, 9.17) is 14.2 Å². The maximum atomic E-state index is 12.6. The summed E-state index contributed by atoms with van der Waals surface area (Å²) in [6, 6.07) is 5.69. The Morgan fingerprint density at radius 2 is 1.75 bits per heavy atom. The van der Waals surface area contributed by atoms with Crippen molar-refractivity contribution in [2.75, 3.05) is 38.8 Å². The number of methoxy groups -OCH3 is 2. The van der Waals surface area contributed by atoms with Gasteiger partial charge in [-0.05, 0) is 35.4 Å². The standard InChI is InChI=1S/C23H25N3O5.ClH/c1-4-5-26(6-7-27)23-24-11-16(12-25-23)20-17-10-19(30-3)18(29-2)9-14(17)8-15-13-31-22(28)21(15)20;/h8-12,27H,4-7,13H2,1-3H3;1H. The van der Waals surface area contributed by atoms with E-state index < -0.39 is 0 Å². The van der Waals surface area contributed by atoms with E-state index in [0.717, 1.165) is 29.3 Å². The predicted octanol–water partition coefficient (Wildman–Crippen LogP) is 3.61. The molecule has 0 unspecified atom stereocenters. The molecule has 0 fully saturated rings. The van der Waals surface area contributed by atoms with E-state index in [1.807, 2.05) is 23.1 Å². The largest absolute Gasteiger partial charge is 0.493 e. The van der Waals surface area contributed by atoms with Crippen molar-refractivity contribution in [1.82, 2.24) is 9.97 Å². The van der Waals surface area contributed by atoms with Crippen molar-refractivity contribution in [2.24, 2.45) is 0 Å². The summed E-state index contributed by atoms with van der Waals surface area (Å²) >= 11 is 0. The number of fused-ring (bicyclic) bond motifs is 2. The van der Waals surface area contributed by atoms with Gasteiger partial charge in [-0.15, -0.1) is 12.4 Å². The Morgan fingerprint density at radius 1 is 1.06 bits per heavy atom. The summed E-state index contributed by atoms with van der Waals surface area (Å²) in [7, 11) is 3.16. The molecule has 4 rings (SSSR count). The van der Waals surface area contributed by atoms with Gasteiger partial charge in [0.2, 0.25) is 5.95 Å². The van der Waals surface area contributed by atoms with Crippen molar-refractivity contribution < 1.29 is 24.1 Å². The second-order valence-corrected chi connectivity index (χ2v) is 7.27. The first-order valence-corrected chi connectivity index (χ1v) is 10.2. The van der Waals surface area contributed by atoms with Gasteiger partial charge in [0.15, 0.2) is 11.5 Å². The fourth-order valence-electron chi connectivity index (χ4n) is 3.96. The number of cyclic esters (lactones) is 1. The molecule has 0 saturated carbocycles. The van der Waals surface area contributed by atoms with E-state index in [1.54, 1.807) is 26.6 Å². The molecular formula is C23H26ClN3O5. The van der Waals surface area contributed by atoms with Gasteiger partial charge in [-0.3, -0.25) is 0 Å². The molecule has 0 aliphatic carbocycles. The second kappa shape index (κ2) is 10.0. The van der Waals surface area contributed by atoms with Gasteiger partial charge >= 0.3 is 5.97 Å². The molecule has 9 heteroatoms. The van der Waals surface area contributed by atoms with Gasteiger partial charge in [0.25, 0.3) is 0 Å². The first-order chi connectivity index (χ1) is 15.1. The summed E-state index contributed by atoms with van der Waals surface area (Å²) in [4.78, 5) is 23.5. The number of aromatic nitrogens is 2. The minimum atomic E-state index is -0.362. The monoisotopic (exact) mass is 459 g/mol. The number of esters is 1. The molecule has 1 aliphatic rings. The van der Waals surface area contributed by atoms with E-state index >= 15 is 0 Å². The number of rotatable bonds is 8. The van der Waals surface area contributed by atoms with E-state index in [9.17, 15) is 9.90 Å². The van der Waals surface area contributed by atoms with Crippen molar-refractivity contribution in [3.05, 3.63) is 41.7 Å². The molecule has 2 heterocycles. The molecule has 2 aromatic carbocycles. The molecule has 0 radical (unpaired) electrons. The van der Waals surface area contributed by atoms with Gasteiger partial charge in [0.1, 0.15) is 6.61 Å². The Labute approximate surface area is 192 Å². The summed E-state index contributed by atoms with van der Waals surface area (Å²) < 4.78 is 16.2. The molecule has 0 atom stereocenters. The summed E-state index contributed by atoms with van der Waals surface area (Å²) in [5.74, 6) is 1.35. The molecule has 32 heavy (non-hydrogen) atoms. The molecule has 8 nitrogen and oxygen atoms in total. The zero-order valence-electron chi connectivity index (χ0n) is 18.3. The number of hydrogen-bond acceptors (Lipinski definition) is 8. The van der Waals surface area contributed by atoms with Crippen molar-refractivity contribution in [3.63, 3.8) is 0 Å². The van der Waals surface area contributed by atoms with Crippen LogP contribution in [0.3, 0.4) is 0 Å². The van der Waals surface area contributed by atoms with Crippen molar-refractivity contribution in [3.8, 4) is 22.6 Å². The number of carbonyl (C=O) groups excluding carboxylic acids is 1. The van der Waals surface area contributed by atoms with Crippen LogP contribution in [-0.4, -0.2) is 55.0 Å². The van der Waals surface area contributed by atoms with Crippen LogP contribution in [0, 0.1) is 0 Å². The third-order valence-corrected chi connectivity index (χ3v) is 5.36. The number of carbonyl (C=O) groups is 1. The third kappa shape index (κ3) is 4.16. The summed E-state index contributed by atoms with van der Waals surface area (Å²) in [5, 5.41) is 11.1. The number of aliphatic hydroxyl groups is 1.